The van der Waals surface area contributed by atoms with Gasteiger partial charge in [-0.25, -0.2) is 4.98 Å². The summed E-state index contributed by atoms with van der Waals surface area (Å²) in [7, 11) is 3.20. The van der Waals surface area contributed by atoms with Gasteiger partial charge in [-0.15, -0.1) is 0 Å². The lowest BCUT2D eigenvalue weighted by atomic mass is 9.97. The van der Waals surface area contributed by atoms with Crippen LogP contribution in [0.5, 0.6) is 11.5 Å². The lowest BCUT2D eigenvalue weighted by Gasteiger charge is -2.30. The van der Waals surface area contributed by atoms with Gasteiger partial charge in [0.2, 0.25) is 5.95 Å². The van der Waals surface area contributed by atoms with E-state index in [9.17, 15) is 9.90 Å². The molecule has 0 spiro atoms. The van der Waals surface area contributed by atoms with Crippen LogP contribution in [0.3, 0.4) is 0 Å². The number of carbonyl (C=O) groups is 1. The van der Waals surface area contributed by atoms with Crippen LogP contribution in [0.15, 0.2) is 36.4 Å². The number of piperidine rings is 1. The minimum Gasteiger partial charge on any atom is -0.497 e. The van der Waals surface area contributed by atoms with E-state index in [1.54, 1.807) is 14.2 Å². The second-order valence-corrected chi connectivity index (χ2v) is 8.08. The molecule has 4 rings (SSSR count). The highest BCUT2D eigenvalue weighted by molar-refractivity contribution is 6.32. The van der Waals surface area contributed by atoms with Gasteiger partial charge < -0.3 is 24.8 Å². The van der Waals surface area contributed by atoms with Gasteiger partial charge in [0.25, 0.3) is 0 Å². The van der Waals surface area contributed by atoms with Gasteiger partial charge in [0.1, 0.15) is 17.3 Å². The van der Waals surface area contributed by atoms with Crippen LogP contribution in [0.2, 0.25) is 5.02 Å². The van der Waals surface area contributed by atoms with Crippen LogP contribution in [0.25, 0.3) is 10.9 Å². The molecule has 0 amide bonds. The van der Waals surface area contributed by atoms with Gasteiger partial charge in [0, 0.05) is 25.0 Å². The summed E-state index contributed by atoms with van der Waals surface area (Å²) in [5.74, 6) is 1.55. The number of halogens is 1. The first-order valence-corrected chi connectivity index (χ1v) is 10.8. The molecule has 1 aliphatic heterocycles. The number of nitrogens with one attached hydrogen (secondary N) is 1. The summed E-state index contributed by atoms with van der Waals surface area (Å²) in [5.41, 5.74) is 1.76. The van der Waals surface area contributed by atoms with Crippen molar-refractivity contribution in [1.29, 1.82) is 0 Å². The Labute approximate surface area is 191 Å². The maximum absolute atomic E-state index is 11.3. The Hall–Kier alpha value is -3.26. The van der Waals surface area contributed by atoms with E-state index in [-0.39, 0.29) is 5.92 Å². The number of rotatable bonds is 7. The molecule has 1 saturated heterocycles. The number of fused-ring (bicyclic) bond motifs is 1. The number of carboxylic acid groups (broad SMARTS) is 1. The first kappa shape index (κ1) is 22.0. The zero-order chi connectivity index (χ0) is 22.7. The highest BCUT2D eigenvalue weighted by Gasteiger charge is 2.26. The Morgan fingerprint density at radius 3 is 2.59 bits per heavy atom. The number of carboxylic acids is 1. The molecule has 1 fully saturated rings. The van der Waals surface area contributed by atoms with Gasteiger partial charge in [-0.2, -0.15) is 4.98 Å². The molecule has 0 aliphatic carbocycles. The lowest BCUT2D eigenvalue weighted by molar-refractivity contribution is -0.142. The average Bonchev–Trinajstić information content (AvgIpc) is 2.82. The fourth-order valence-electron chi connectivity index (χ4n) is 3.83. The lowest BCUT2D eigenvalue weighted by Crippen LogP contribution is -2.37. The van der Waals surface area contributed by atoms with Gasteiger partial charge in [-0.1, -0.05) is 17.7 Å². The molecule has 1 aromatic heterocycles. The summed E-state index contributed by atoms with van der Waals surface area (Å²) in [6.07, 6.45) is 1.15. The van der Waals surface area contributed by atoms with Crippen molar-refractivity contribution in [3.8, 4) is 11.5 Å². The van der Waals surface area contributed by atoms with Crippen molar-refractivity contribution in [3.63, 3.8) is 0 Å². The minimum atomic E-state index is -0.739. The number of hydrogen-bond donors (Lipinski definition) is 2. The van der Waals surface area contributed by atoms with E-state index in [0.29, 0.717) is 60.8 Å². The summed E-state index contributed by atoms with van der Waals surface area (Å²) in [6, 6.07) is 11.3. The van der Waals surface area contributed by atoms with E-state index in [4.69, 9.17) is 31.0 Å². The number of ether oxygens (including phenoxy) is 2. The van der Waals surface area contributed by atoms with Crippen LogP contribution in [0.4, 0.5) is 11.8 Å². The number of hydrogen-bond acceptors (Lipinski definition) is 7. The van der Waals surface area contributed by atoms with E-state index >= 15 is 0 Å². The number of aliphatic carboxylic acids is 1. The summed E-state index contributed by atoms with van der Waals surface area (Å²) < 4.78 is 10.6. The molecule has 8 nitrogen and oxygen atoms in total. The Kier molecular flexibility index (Phi) is 6.50. The van der Waals surface area contributed by atoms with Crippen molar-refractivity contribution in [2.75, 3.05) is 37.5 Å². The van der Waals surface area contributed by atoms with Gasteiger partial charge >= 0.3 is 5.97 Å². The molecule has 1 aliphatic rings. The maximum atomic E-state index is 11.3. The summed E-state index contributed by atoms with van der Waals surface area (Å²) in [5, 5.41) is 14.1. The van der Waals surface area contributed by atoms with Crippen molar-refractivity contribution in [2.45, 2.75) is 19.4 Å². The van der Waals surface area contributed by atoms with Crippen molar-refractivity contribution < 1.29 is 19.4 Å². The van der Waals surface area contributed by atoms with Crippen molar-refractivity contribution in [1.82, 2.24) is 9.97 Å². The number of anilines is 2. The van der Waals surface area contributed by atoms with Crippen LogP contribution in [-0.4, -0.2) is 48.4 Å². The Balaban J connectivity index is 1.63. The molecule has 32 heavy (non-hydrogen) atoms. The van der Waals surface area contributed by atoms with Gasteiger partial charge in [0.15, 0.2) is 0 Å². The van der Waals surface area contributed by atoms with Crippen molar-refractivity contribution >= 4 is 40.2 Å². The normalized spacial score (nSPS) is 14.4. The standard InChI is InChI=1S/C23H25ClN4O4/c1-31-16-4-5-19-17(12-16)21(25-13-14-3-6-20(32-2)18(24)11-14)27-23(26-19)28-9-7-15(8-10-28)22(29)30/h3-6,11-12,15H,7-10,13H2,1-2H3,(H,29,30)(H,25,26,27). The number of nitrogens with zero attached hydrogens (tertiary/aromatic N) is 3. The molecular weight excluding hydrogens is 432 g/mol. The third kappa shape index (κ3) is 4.65. The Morgan fingerprint density at radius 1 is 1.16 bits per heavy atom. The first-order chi connectivity index (χ1) is 15.5. The van der Waals surface area contributed by atoms with Crippen LogP contribution in [0, 0.1) is 5.92 Å². The molecule has 168 valence electrons. The average molecular weight is 457 g/mol. The predicted molar refractivity (Wildman–Crippen MR) is 124 cm³/mol. The number of benzene rings is 2. The monoisotopic (exact) mass is 456 g/mol. The second-order valence-electron chi connectivity index (χ2n) is 7.68. The van der Waals surface area contributed by atoms with Gasteiger partial charge in [-0.05, 0) is 48.7 Å². The molecule has 0 radical (unpaired) electrons. The smallest absolute Gasteiger partial charge is 0.306 e. The molecule has 2 aromatic carbocycles. The fourth-order valence-corrected chi connectivity index (χ4v) is 4.11. The Bertz CT molecular complexity index is 1130. The van der Waals surface area contributed by atoms with E-state index in [1.807, 2.05) is 41.3 Å². The number of aromatic nitrogens is 2. The van der Waals surface area contributed by atoms with Crippen LogP contribution >= 0.6 is 11.6 Å². The molecule has 0 atom stereocenters. The topological polar surface area (TPSA) is 96.8 Å². The molecule has 0 unspecified atom stereocenters. The van der Waals surface area contributed by atoms with E-state index in [0.717, 1.165) is 16.5 Å². The minimum absolute atomic E-state index is 0.312. The summed E-state index contributed by atoms with van der Waals surface area (Å²) >= 11 is 6.26. The van der Waals surface area contributed by atoms with Gasteiger partial charge in [0.05, 0.1) is 30.7 Å². The molecule has 0 bridgehead atoms. The zero-order valence-electron chi connectivity index (χ0n) is 18.0. The zero-order valence-corrected chi connectivity index (χ0v) is 18.7. The van der Waals surface area contributed by atoms with Crippen LogP contribution in [0.1, 0.15) is 18.4 Å². The fraction of sp³-hybridized carbons (Fsp3) is 0.348. The third-order valence-electron chi connectivity index (χ3n) is 5.69. The molecular formula is C23H25ClN4O4. The molecule has 3 aromatic rings. The maximum Gasteiger partial charge on any atom is 0.306 e. The third-order valence-corrected chi connectivity index (χ3v) is 5.99. The largest absolute Gasteiger partial charge is 0.497 e. The quantitative estimate of drug-likeness (QED) is 0.545. The van der Waals surface area contributed by atoms with Crippen LogP contribution < -0.4 is 19.7 Å². The van der Waals surface area contributed by atoms with E-state index in [1.165, 1.54) is 0 Å². The molecule has 0 saturated carbocycles. The molecule has 2 heterocycles. The Morgan fingerprint density at radius 2 is 1.94 bits per heavy atom. The first-order valence-electron chi connectivity index (χ1n) is 10.4. The van der Waals surface area contributed by atoms with Gasteiger partial charge in [-0.3, -0.25) is 4.79 Å². The number of methoxy groups -OCH3 is 2. The van der Waals surface area contributed by atoms with Crippen molar-refractivity contribution in [2.24, 2.45) is 5.92 Å². The van der Waals surface area contributed by atoms with Crippen molar-refractivity contribution in [3.05, 3.63) is 47.0 Å². The summed E-state index contributed by atoms with van der Waals surface area (Å²) in [4.78, 5) is 22.8. The molecule has 2 N–H and O–H groups in total. The molecule has 9 heteroatoms. The SMILES string of the molecule is COc1ccc2nc(N3CCC(C(=O)O)CC3)nc(NCc3ccc(OC)c(Cl)c3)c2c1. The van der Waals surface area contributed by atoms with E-state index in [2.05, 4.69) is 5.32 Å². The van der Waals surface area contributed by atoms with E-state index < -0.39 is 5.97 Å². The highest BCUT2D eigenvalue weighted by atomic mass is 35.5. The highest BCUT2D eigenvalue weighted by Crippen LogP contribution is 2.30. The second kappa shape index (κ2) is 9.48. The predicted octanol–water partition coefficient (Wildman–Crippen LogP) is 4.21. The summed E-state index contributed by atoms with van der Waals surface area (Å²) in [6.45, 7) is 1.71. The van der Waals surface area contributed by atoms with Crippen LogP contribution in [-0.2, 0) is 11.3 Å².